The van der Waals surface area contributed by atoms with Gasteiger partial charge in [-0.1, -0.05) is 11.8 Å². The van der Waals surface area contributed by atoms with Gasteiger partial charge >= 0.3 is 0 Å². The molecule has 0 aliphatic heterocycles. The summed E-state index contributed by atoms with van der Waals surface area (Å²) >= 11 is 3.08. The standard InChI is InChI=1S/C12H15NO2S2/c1-16-9-6-13-12(15)11-10(5-8-17-11)4-2-3-7-14/h5,8,14H,3,6-7,9H2,1H3,(H,13,15). The summed E-state index contributed by atoms with van der Waals surface area (Å²) in [6.45, 7) is 0.716. The minimum absolute atomic E-state index is 0.0480. The fourth-order valence-electron chi connectivity index (χ4n) is 1.14. The first-order chi connectivity index (χ1) is 8.29. The van der Waals surface area contributed by atoms with Crippen molar-refractivity contribution in [3.8, 4) is 11.8 Å². The van der Waals surface area contributed by atoms with Gasteiger partial charge in [0.15, 0.2) is 0 Å². The summed E-state index contributed by atoms with van der Waals surface area (Å²) < 4.78 is 0. The highest BCUT2D eigenvalue weighted by molar-refractivity contribution is 7.98. The van der Waals surface area contributed by atoms with Crippen molar-refractivity contribution in [2.45, 2.75) is 6.42 Å². The van der Waals surface area contributed by atoms with Crippen LogP contribution in [0.25, 0.3) is 0 Å². The first-order valence-corrected chi connectivity index (χ1v) is 7.51. The second kappa shape index (κ2) is 8.18. The Morgan fingerprint density at radius 1 is 1.65 bits per heavy atom. The molecule has 1 heterocycles. The van der Waals surface area contributed by atoms with Gasteiger partial charge in [0.1, 0.15) is 4.88 Å². The molecule has 0 radical (unpaired) electrons. The minimum atomic E-state index is -0.0673. The van der Waals surface area contributed by atoms with E-state index in [2.05, 4.69) is 17.2 Å². The van der Waals surface area contributed by atoms with E-state index in [0.29, 0.717) is 17.8 Å². The lowest BCUT2D eigenvalue weighted by atomic mass is 10.2. The number of nitrogens with one attached hydrogen (secondary N) is 1. The summed E-state index contributed by atoms with van der Waals surface area (Å²) in [6, 6.07) is 1.83. The van der Waals surface area contributed by atoms with Gasteiger partial charge in [0, 0.05) is 24.3 Å². The third-order valence-electron chi connectivity index (χ3n) is 1.92. The van der Waals surface area contributed by atoms with Gasteiger partial charge in [-0.2, -0.15) is 11.8 Å². The van der Waals surface area contributed by atoms with Crippen LogP contribution in [0.4, 0.5) is 0 Å². The number of carbonyl (C=O) groups excluding carboxylic acids is 1. The average molecular weight is 269 g/mol. The SMILES string of the molecule is CSCCNC(=O)c1sccc1C#CCCO. The third kappa shape index (κ3) is 4.82. The molecule has 1 amide bonds. The predicted octanol–water partition coefficient (Wildman–Crippen LogP) is 1.57. The number of aliphatic hydroxyl groups excluding tert-OH is 1. The molecule has 3 nitrogen and oxygen atoms in total. The first-order valence-electron chi connectivity index (χ1n) is 5.24. The smallest absolute Gasteiger partial charge is 0.262 e. The molecule has 0 atom stereocenters. The van der Waals surface area contributed by atoms with E-state index < -0.39 is 0 Å². The molecule has 0 bridgehead atoms. The van der Waals surface area contributed by atoms with Crippen LogP contribution in [0.2, 0.25) is 0 Å². The number of aliphatic hydroxyl groups is 1. The van der Waals surface area contributed by atoms with Crippen molar-refractivity contribution in [1.29, 1.82) is 0 Å². The van der Waals surface area contributed by atoms with E-state index in [0.717, 1.165) is 11.3 Å². The molecule has 0 aliphatic carbocycles. The fraction of sp³-hybridized carbons (Fsp3) is 0.417. The zero-order valence-electron chi connectivity index (χ0n) is 9.66. The molecule has 0 fully saturated rings. The van der Waals surface area contributed by atoms with Crippen LogP contribution in [-0.4, -0.2) is 36.2 Å². The van der Waals surface area contributed by atoms with Crippen LogP contribution in [-0.2, 0) is 0 Å². The summed E-state index contributed by atoms with van der Waals surface area (Å²) in [7, 11) is 0. The van der Waals surface area contributed by atoms with Gasteiger partial charge in [-0.25, -0.2) is 0 Å². The van der Waals surface area contributed by atoms with Gasteiger partial charge < -0.3 is 10.4 Å². The fourth-order valence-corrected chi connectivity index (χ4v) is 2.22. The lowest BCUT2D eigenvalue weighted by molar-refractivity contribution is 0.0960. The Morgan fingerprint density at radius 2 is 2.47 bits per heavy atom. The van der Waals surface area contributed by atoms with Gasteiger partial charge in [0.05, 0.1) is 6.61 Å². The Kier molecular flexibility index (Phi) is 6.78. The molecular formula is C12H15NO2S2. The maximum absolute atomic E-state index is 11.8. The van der Waals surface area contributed by atoms with Crippen LogP contribution in [0.3, 0.4) is 0 Å². The lowest BCUT2D eigenvalue weighted by Crippen LogP contribution is -2.25. The van der Waals surface area contributed by atoms with Gasteiger partial charge in [0.2, 0.25) is 0 Å². The van der Waals surface area contributed by atoms with E-state index in [-0.39, 0.29) is 12.5 Å². The van der Waals surface area contributed by atoms with Crippen molar-refractivity contribution in [3.05, 3.63) is 21.9 Å². The molecule has 0 unspecified atom stereocenters. The Morgan fingerprint density at radius 3 is 3.18 bits per heavy atom. The van der Waals surface area contributed by atoms with Crippen molar-refractivity contribution in [2.75, 3.05) is 25.2 Å². The highest BCUT2D eigenvalue weighted by Gasteiger charge is 2.10. The quantitative estimate of drug-likeness (QED) is 0.630. The van der Waals surface area contributed by atoms with Crippen molar-refractivity contribution >= 4 is 29.0 Å². The van der Waals surface area contributed by atoms with E-state index in [4.69, 9.17) is 5.11 Å². The molecule has 2 N–H and O–H groups in total. The van der Waals surface area contributed by atoms with Crippen LogP contribution in [0.1, 0.15) is 21.7 Å². The predicted molar refractivity (Wildman–Crippen MR) is 73.6 cm³/mol. The molecule has 0 saturated carbocycles. The second-order valence-corrected chi connectivity index (χ2v) is 5.09. The zero-order valence-corrected chi connectivity index (χ0v) is 11.3. The number of hydrogen-bond acceptors (Lipinski definition) is 4. The van der Waals surface area contributed by atoms with Crippen LogP contribution in [0.5, 0.6) is 0 Å². The number of thiophene rings is 1. The monoisotopic (exact) mass is 269 g/mol. The van der Waals surface area contributed by atoms with Crippen LogP contribution < -0.4 is 5.32 Å². The number of thioether (sulfide) groups is 1. The molecule has 1 aromatic rings. The highest BCUT2D eigenvalue weighted by atomic mass is 32.2. The molecule has 1 rings (SSSR count). The molecule has 17 heavy (non-hydrogen) atoms. The number of rotatable bonds is 5. The summed E-state index contributed by atoms with van der Waals surface area (Å²) in [5, 5.41) is 13.3. The number of amides is 1. The van der Waals surface area contributed by atoms with Crippen molar-refractivity contribution in [3.63, 3.8) is 0 Å². The molecule has 0 aliphatic rings. The molecule has 1 aromatic heterocycles. The summed E-state index contributed by atoms with van der Waals surface area (Å²) in [5.74, 6) is 6.56. The zero-order chi connectivity index (χ0) is 12.5. The van der Waals surface area contributed by atoms with E-state index in [1.165, 1.54) is 11.3 Å². The Hall–Kier alpha value is -0.960. The maximum atomic E-state index is 11.8. The second-order valence-electron chi connectivity index (χ2n) is 3.19. The lowest BCUT2D eigenvalue weighted by Gasteiger charge is -2.02. The number of hydrogen-bond donors (Lipinski definition) is 2. The van der Waals surface area contributed by atoms with Crippen molar-refractivity contribution in [1.82, 2.24) is 5.32 Å². The summed E-state index contributed by atoms with van der Waals surface area (Å²) in [4.78, 5) is 12.5. The van der Waals surface area contributed by atoms with Crippen LogP contribution in [0, 0.1) is 11.8 Å². The Balaban J connectivity index is 2.62. The van der Waals surface area contributed by atoms with Crippen molar-refractivity contribution < 1.29 is 9.90 Å². The molecule has 0 aromatic carbocycles. The van der Waals surface area contributed by atoms with E-state index in [1.807, 2.05) is 17.7 Å². The van der Waals surface area contributed by atoms with E-state index in [1.54, 1.807) is 11.8 Å². The van der Waals surface area contributed by atoms with E-state index >= 15 is 0 Å². The largest absolute Gasteiger partial charge is 0.395 e. The molecule has 5 heteroatoms. The normalized spacial score (nSPS) is 9.53. The van der Waals surface area contributed by atoms with Gasteiger partial charge in [-0.15, -0.1) is 11.3 Å². The van der Waals surface area contributed by atoms with Crippen LogP contribution >= 0.6 is 23.1 Å². The minimum Gasteiger partial charge on any atom is -0.395 e. The highest BCUT2D eigenvalue weighted by Crippen LogP contribution is 2.15. The van der Waals surface area contributed by atoms with Gasteiger partial charge in [0.25, 0.3) is 5.91 Å². The first kappa shape index (κ1) is 14.1. The van der Waals surface area contributed by atoms with Gasteiger partial charge in [-0.3, -0.25) is 4.79 Å². The summed E-state index contributed by atoms with van der Waals surface area (Å²) in [6.07, 6.45) is 2.44. The van der Waals surface area contributed by atoms with E-state index in [9.17, 15) is 4.79 Å². The Bertz CT molecular complexity index is 418. The molecule has 0 saturated heterocycles. The van der Waals surface area contributed by atoms with Crippen molar-refractivity contribution in [2.24, 2.45) is 0 Å². The maximum Gasteiger partial charge on any atom is 0.262 e. The van der Waals surface area contributed by atoms with Crippen LogP contribution in [0.15, 0.2) is 11.4 Å². The topological polar surface area (TPSA) is 49.3 Å². The average Bonchev–Trinajstić information content (AvgIpc) is 2.78. The third-order valence-corrected chi connectivity index (χ3v) is 3.45. The molecular weight excluding hydrogens is 254 g/mol. The summed E-state index contributed by atoms with van der Waals surface area (Å²) in [5.41, 5.74) is 0.741. The Labute approximate surface area is 110 Å². The molecule has 92 valence electrons. The number of carbonyl (C=O) groups is 1. The molecule has 0 spiro atoms. The van der Waals surface area contributed by atoms with Gasteiger partial charge in [-0.05, 0) is 17.7 Å².